The van der Waals surface area contributed by atoms with E-state index in [0.29, 0.717) is 12.2 Å². The van der Waals surface area contributed by atoms with Gasteiger partial charge in [0.2, 0.25) is 10.0 Å². The van der Waals surface area contributed by atoms with E-state index in [4.69, 9.17) is 0 Å². The first-order valence-corrected chi connectivity index (χ1v) is 8.28. The molecule has 0 aliphatic rings. The van der Waals surface area contributed by atoms with Crippen molar-refractivity contribution in [2.45, 2.75) is 24.8 Å². The summed E-state index contributed by atoms with van der Waals surface area (Å²) < 4.78 is 26.9. The summed E-state index contributed by atoms with van der Waals surface area (Å²) >= 11 is 0. The zero-order valence-corrected chi connectivity index (χ0v) is 12.9. The van der Waals surface area contributed by atoms with Crippen LogP contribution >= 0.6 is 0 Å². The predicted molar refractivity (Wildman–Crippen MR) is 83.6 cm³/mol. The van der Waals surface area contributed by atoms with E-state index < -0.39 is 10.0 Å². The number of benzene rings is 1. The van der Waals surface area contributed by atoms with E-state index in [9.17, 15) is 8.42 Å². The van der Waals surface area contributed by atoms with Crippen molar-refractivity contribution in [3.63, 3.8) is 0 Å². The van der Waals surface area contributed by atoms with Crippen LogP contribution in [0.3, 0.4) is 0 Å². The smallest absolute Gasteiger partial charge is 0.242 e. The van der Waals surface area contributed by atoms with Crippen LogP contribution in [0.1, 0.15) is 25.5 Å². The lowest BCUT2D eigenvalue weighted by Gasteiger charge is -2.18. The highest BCUT2D eigenvalue weighted by Crippen LogP contribution is 2.25. The molecule has 5 nitrogen and oxygen atoms in total. The minimum Gasteiger partial charge on any atom is -0.377 e. The molecule has 1 atom stereocenters. The minimum absolute atomic E-state index is 0.0447. The van der Waals surface area contributed by atoms with Crippen LogP contribution in [0, 0.1) is 0 Å². The third-order valence-electron chi connectivity index (χ3n) is 3.07. The van der Waals surface area contributed by atoms with Crippen molar-refractivity contribution in [3.8, 4) is 0 Å². The maximum atomic E-state index is 12.2. The third-order valence-corrected chi connectivity index (χ3v) is 4.67. The molecule has 0 aliphatic carbocycles. The van der Waals surface area contributed by atoms with Gasteiger partial charge < -0.3 is 5.32 Å². The van der Waals surface area contributed by atoms with Gasteiger partial charge in [-0.05, 0) is 30.7 Å². The molecule has 0 fully saturated rings. The summed E-state index contributed by atoms with van der Waals surface area (Å²) in [7, 11) is -3.50. The van der Waals surface area contributed by atoms with E-state index in [1.165, 1.54) is 0 Å². The Hall–Kier alpha value is -1.92. The summed E-state index contributed by atoms with van der Waals surface area (Å²) in [5.41, 5.74) is 1.57. The van der Waals surface area contributed by atoms with Gasteiger partial charge in [0.25, 0.3) is 0 Å². The van der Waals surface area contributed by atoms with Crippen LogP contribution in [0.25, 0.3) is 0 Å². The molecule has 1 aromatic heterocycles. The first kappa shape index (κ1) is 15.5. The molecule has 0 saturated carbocycles. The molecule has 112 valence electrons. The van der Waals surface area contributed by atoms with E-state index in [1.54, 1.807) is 37.5 Å². The molecule has 2 rings (SSSR count). The van der Waals surface area contributed by atoms with Crippen molar-refractivity contribution in [1.29, 1.82) is 0 Å². The average molecular weight is 305 g/mol. The Morgan fingerprint density at radius 3 is 2.62 bits per heavy atom. The summed E-state index contributed by atoms with van der Waals surface area (Å²) in [6, 6.07) is 10.6. The molecule has 1 aromatic carbocycles. The molecular formula is C15H19N3O2S. The quantitative estimate of drug-likeness (QED) is 0.860. The van der Waals surface area contributed by atoms with E-state index in [2.05, 4.69) is 15.0 Å². The van der Waals surface area contributed by atoms with Gasteiger partial charge in [-0.15, -0.1) is 0 Å². The molecule has 0 radical (unpaired) electrons. The summed E-state index contributed by atoms with van der Waals surface area (Å²) in [5.74, 6) is 0. The molecule has 21 heavy (non-hydrogen) atoms. The second kappa shape index (κ2) is 6.69. The number of hydrogen-bond acceptors (Lipinski definition) is 4. The number of pyridine rings is 1. The van der Waals surface area contributed by atoms with Crippen molar-refractivity contribution >= 4 is 15.7 Å². The molecule has 0 spiro atoms. The van der Waals surface area contributed by atoms with Crippen LogP contribution in [0.15, 0.2) is 53.7 Å². The maximum absolute atomic E-state index is 12.2. The highest BCUT2D eigenvalue weighted by Gasteiger charge is 2.18. The average Bonchev–Trinajstić information content (AvgIpc) is 2.48. The Kier molecular flexibility index (Phi) is 4.93. The maximum Gasteiger partial charge on any atom is 0.242 e. The zero-order chi connectivity index (χ0) is 15.3. The zero-order valence-electron chi connectivity index (χ0n) is 12.1. The van der Waals surface area contributed by atoms with E-state index in [0.717, 1.165) is 5.56 Å². The number of nitrogens with zero attached hydrogens (tertiary/aromatic N) is 1. The van der Waals surface area contributed by atoms with Crippen LogP contribution in [-0.4, -0.2) is 19.9 Å². The molecule has 0 aliphatic heterocycles. The molecule has 0 bridgehead atoms. The lowest BCUT2D eigenvalue weighted by Crippen LogP contribution is -2.24. The minimum atomic E-state index is -3.50. The number of rotatable bonds is 6. The molecular weight excluding hydrogens is 286 g/mol. The SMILES string of the molecule is CCNS(=O)(=O)c1ccccc1NC(C)c1cccnc1. The van der Waals surface area contributed by atoms with Gasteiger partial charge >= 0.3 is 0 Å². The topological polar surface area (TPSA) is 71.1 Å². The molecule has 1 unspecified atom stereocenters. The van der Waals surface area contributed by atoms with E-state index in [-0.39, 0.29) is 10.9 Å². The lowest BCUT2D eigenvalue weighted by atomic mass is 10.1. The fourth-order valence-corrected chi connectivity index (χ4v) is 3.25. The van der Waals surface area contributed by atoms with Gasteiger partial charge in [-0.3, -0.25) is 4.98 Å². The standard InChI is InChI=1S/C15H19N3O2S/c1-3-17-21(19,20)15-9-5-4-8-14(15)18-12(2)13-7-6-10-16-11-13/h4-12,17-18H,3H2,1-2H3. The monoisotopic (exact) mass is 305 g/mol. The molecule has 2 N–H and O–H groups in total. The van der Waals surface area contributed by atoms with Crippen LogP contribution < -0.4 is 10.0 Å². The van der Waals surface area contributed by atoms with E-state index in [1.807, 2.05) is 25.1 Å². The summed E-state index contributed by atoms with van der Waals surface area (Å²) in [5, 5.41) is 3.23. The molecule has 0 saturated heterocycles. The summed E-state index contributed by atoms with van der Waals surface area (Å²) in [6.45, 7) is 4.08. The highest BCUT2D eigenvalue weighted by molar-refractivity contribution is 7.89. The van der Waals surface area contributed by atoms with Gasteiger partial charge in [-0.25, -0.2) is 13.1 Å². The fraction of sp³-hybridized carbons (Fsp3) is 0.267. The van der Waals surface area contributed by atoms with Crippen molar-refractivity contribution in [2.75, 3.05) is 11.9 Å². The Morgan fingerprint density at radius 2 is 1.95 bits per heavy atom. The van der Waals surface area contributed by atoms with Gasteiger partial charge in [0, 0.05) is 18.9 Å². The fourth-order valence-electron chi connectivity index (χ4n) is 2.04. The number of nitrogens with one attached hydrogen (secondary N) is 2. The van der Waals surface area contributed by atoms with Crippen LogP contribution in [0.5, 0.6) is 0 Å². The summed E-state index contributed by atoms with van der Waals surface area (Å²) in [6.07, 6.45) is 3.47. The van der Waals surface area contributed by atoms with Gasteiger partial charge in [0.15, 0.2) is 0 Å². The summed E-state index contributed by atoms with van der Waals surface area (Å²) in [4.78, 5) is 4.33. The Bertz CT molecular complexity index is 687. The normalized spacial score (nSPS) is 12.9. The van der Waals surface area contributed by atoms with Gasteiger partial charge in [-0.1, -0.05) is 25.1 Å². The van der Waals surface area contributed by atoms with Crippen LogP contribution in [-0.2, 0) is 10.0 Å². The van der Waals surface area contributed by atoms with Gasteiger partial charge in [0.1, 0.15) is 4.90 Å². The van der Waals surface area contributed by atoms with Crippen LogP contribution in [0.4, 0.5) is 5.69 Å². The predicted octanol–water partition coefficient (Wildman–Crippen LogP) is 2.55. The van der Waals surface area contributed by atoms with Gasteiger partial charge in [0.05, 0.1) is 11.7 Å². The second-order valence-electron chi connectivity index (χ2n) is 4.65. The van der Waals surface area contributed by atoms with Crippen molar-refractivity contribution < 1.29 is 8.42 Å². The largest absolute Gasteiger partial charge is 0.377 e. The van der Waals surface area contributed by atoms with Crippen molar-refractivity contribution in [3.05, 3.63) is 54.4 Å². The highest BCUT2D eigenvalue weighted by atomic mass is 32.2. The number of sulfonamides is 1. The third kappa shape index (κ3) is 3.80. The molecule has 1 heterocycles. The van der Waals surface area contributed by atoms with Crippen molar-refractivity contribution in [1.82, 2.24) is 9.71 Å². The number of hydrogen-bond donors (Lipinski definition) is 2. The number of anilines is 1. The number of para-hydroxylation sites is 1. The first-order valence-electron chi connectivity index (χ1n) is 6.79. The Balaban J connectivity index is 2.29. The second-order valence-corrected chi connectivity index (χ2v) is 6.39. The molecule has 6 heteroatoms. The molecule has 0 amide bonds. The van der Waals surface area contributed by atoms with Gasteiger partial charge in [-0.2, -0.15) is 0 Å². The Labute approximate surface area is 125 Å². The molecule has 2 aromatic rings. The first-order chi connectivity index (χ1) is 10.0. The number of aromatic nitrogens is 1. The van der Waals surface area contributed by atoms with E-state index >= 15 is 0 Å². The van der Waals surface area contributed by atoms with Crippen molar-refractivity contribution in [2.24, 2.45) is 0 Å². The lowest BCUT2D eigenvalue weighted by molar-refractivity contribution is 0.584. The Morgan fingerprint density at radius 1 is 1.19 bits per heavy atom. The van der Waals surface area contributed by atoms with Crippen LogP contribution in [0.2, 0.25) is 0 Å².